The van der Waals surface area contributed by atoms with Crippen LogP contribution in [0.2, 0.25) is 0 Å². The third-order valence-electron chi connectivity index (χ3n) is 6.73. The number of fused-ring (bicyclic) bond motifs is 4. The van der Waals surface area contributed by atoms with Gasteiger partial charge in [0.25, 0.3) is 0 Å². The van der Waals surface area contributed by atoms with E-state index in [2.05, 4.69) is 68.0 Å². The van der Waals surface area contributed by atoms with Gasteiger partial charge in [0, 0.05) is 17.6 Å². The SMILES string of the molecule is CSC(C)(C)c1nc(-c2c(NC(C)C)cnc3[nH]ccc23)nc2c1OC[C@]1(C)COC[C@@H](C)N21. The minimum Gasteiger partial charge on any atom is -0.485 e. The molecule has 2 N–H and O–H groups in total. The van der Waals surface area contributed by atoms with Crippen LogP contribution in [-0.4, -0.2) is 63.6 Å². The minimum atomic E-state index is -0.280. The summed E-state index contributed by atoms with van der Waals surface area (Å²) in [4.78, 5) is 20.6. The minimum absolute atomic E-state index is 0.173. The highest BCUT2D eigenvalue weighted by Gasteiger charge is 2.47. The van der Waals surface area contributed by atoms with Crippen LogP contribution in [0.15, 0.2) is 18.5 Å². The van der Waals surface area contributed by atoms with Crippen LogP contribution in [0.25, 0.3) is 22.4 Å². The predicted molar refractivity (Wildman–Crippen MR) is 139 cm³/mol. The number of thioether (sulfide) groups is 1. The molecule has 0 amide bonds. The fraction of sp³-hybridized carbons (Fsp3) is 0.560. The van der Waals surface area contributed by atoms with Crippen LogP contribution in [0.1, 0.15) is 47.2 Å². The van der Waals surface area contributed by atoms with Crippen molar-refractivity contribution in [2.24, 2.45) is 0 Å². The van der Waals surface area contributed by atoms with Crippen molar-refractivity contribution < 1.29 is 9.47 Å². The predicted octanol–water partition coefficient (Wildman–Crippen LogP) is 4.81. The van der Waals surface area contributed by atoms with Gasteiger partial charge >= 0.3 is 0 Å². The first kappa shape index (κ1) is 23.2. The molecule has 0 saturated carbocycles. The smallest absolute Gasteiger partial charge is 0.184 e. The number of anilines is 2. The summed E-state index contributed by atoms with van der Waals surface area (Å²) in [5.41, 5.74) is 3.32. The first-order valence-electron chi connectivity index (χ1n) is 11.8. The second-order valence-corrected chi connectivity index (χ2v) is 11.8. The Hall–Kier alpha value is -2.52. The first-order valence-corrected chi connectivity index (χ1v) is 13.1. The summed E-state index contributed by atoms with van der Waals surface area (Å²) in [5, 5.41) is 4.55. The van der Waals surface area contributed by atoms with E-state index in [4.69, 9.17) is 19.4 Å². The molecule has 182 valence electrons. The zero-order valence-corrected chi connectivity index (χ0v) is 21.8. The zero-order chi connectivity index (χ0) is 24.3. The van der Waals surface area contributed by atoms with E-state index in [0.717, 1.165) is 39.5 Å². The fourth-order valence-electron chi connectivity index (χ4n) is 4.95. The van der Waals surface area contributed by atoms with E-state index in [1.54, 1.807) is 11.8 Å². The van der Waals surface area contributed by atoms with Gasteiger partial charge in [0.1, 0.15) is 17.9 Å². The van der Waals surface area contributed by atoms with Crippen LogP contribution < -0.4 is 15.0 Å². The molecule has 0 bridgehead atoms. The van der Waals surface area contributed by atoms with Crippen LogP contribution in [0.3, 0.4) is 0 Å². The Labute approximate surface area is 205 Å². The van der Waals surface area contributed by atoms with Crippen molar-refractivity contribution in [3.63, 3.8) is 0 Å². The van der Waals surface area contributed by atoms with Gasteiger partial charge in [-0.25, -0.2) is 15.0 Å². The molecule has 0 aliphatic carbocycles. The van der Waals surface area contributed by atoms with Gasteiger partial charge in [-0.3, -0.25) is 0 Å². The molecule has 2 atom stereocenters. The number of hydrogen-bond acceptors (Lipinski definition) is 8. The van der Waals surface area contributed by atoms with Crippen molar-refractivity contribution in [2.75, 3.05) is 36.3 Å². The maximum Gasteiger partial charge on any atom is 0.184 e. The molecule has 5 heterocycles. The van der Waals surface area contributed by atoms with E-state index in [1.807, 2.05) is 18.5 Å². The van der Waals surface area contributed by atoms with Gasteiger partial charge in [-0.05, 0) is 53.9 Å². The summed E-state index contributed by atoms with van der Waals surface area (Å²) in [6.45, 7) is 14.8. The van der Waals surface area contributed by atoms with Gasteiger partial charge in [0.2, 0.25) is 0 Å². The summed E-state index contributed by atoms with van der Waals surface area (Å²) >= 11 is 1.76. The number of hydrogen-bond donors (Lipinski definition) is 2. The van der Waals surface area contributed by atoms with E-state index >= 15 is 0 Å². The highest BCUT2D eigenvalue weighted by Crippen LogP contribution is 2.48. The number of aromatic nitrogens is 4. The van der Waals surface area contributed by atoms with E-state index in [0.29, 0.717) is 25.6 Å². The van der Waals surface area contributed by atoms with Crippen LogP contribution >= 0.6 is 11.8 Å². The van der Waals surface area contributed by atoms with Crippen molar-refractivity contribution in [1.29, 1.82) is 0 Å². The molecule has 0 aromatic carbocycles. The maximum absolute atomic E-state index is 6.43. The van der Waals surface area contributed by atoms with E-state index in [9.17, 15) is 0 Å². The summed E-state index contributed by atoms with van der Waals surface area (Å²) in [6, 6.07) is 2.46. The van der Waals surface area contributed by atoms with Gasteiger partial charge in [-0.2, -0.15) is 11.8 Å². The molecule has 1 fully saturated rings. The standard InChI is InChI=1S/C25H34N6O2S/c1-14(2)28-17-10-27-21-16(8-9-26-21)18(17)22-29-20(24(4,5)34-7)19-23(30-22)31-15(3)11-32-12-25(31,6)13-33-19/h8-10,14-15,28H,11-13H2,1-7H3,(H,26,27)/t15-,25+/m1/s1. The lowest BCUT2D eigenvalue weighted by atomic mass is 9.95. The molecule has 2 aliphatic heterocycles. The molecule has 9 heteroatoms. The zero-order valence-electron chi connectivity index (χ0n) is 21.0. The Morgan fingerprint density at radius 2 is 2.09 bits per heavy atom. The number of ether oxygens (including phenoxy) is 2. The number of pyridine rings is 1. The Morgan fingerprint density at radius 3 is 2.82 bits per heavy atom. The van der Waals surface area contributed by atoms with Crippen LogP contribution in [0.4, 0.5) is 11.5 Å². The van der Waals surface area contributed by atoms with Crippen molar-refractivity contribution in [1.82, 2.24) is 19.9 Å². The molecule has 5 rings (SSSR count). The topological polar surface area (TPSA) is 88.2 Å². The molecular weight excluding hydrogens is 448 g/mol. The average molecular weight is 483 g/mol. The molecule has 34 heavy (non-hydrogen) atoms. The number of aromatic amines is 1. The summed E-state index contributed by atoms with van der Waals surface area (Å²) in [6.07, 6.45) is 5.89. The molecule has 0 radical (unpaired) electrons. The molecule has 3 aromatic heterocycles. The fourth-order valence-corrected chi connectivity index (χ4v) is 5.28. The van der Waals surface area contributed by atoms with Gasteiger partial charge < -0.3 is 24.7 Å². The summed E-state index contributed by atoms with van der Waals surface area (Å²) in [5.74, 6) is 2.31. The maximum atomic E-state index is 6.43. The van der Waals surface area contributed by atoms with Crippen molar-refractivity contribution in [3.05, 3.63) is 24.2 Å². The number of rotatable bonds is 5. The van der Waals surface area contributed by atoms with Crippen molar-refractivity contribution in [3.8, 4) is 17.1 Å². The second-order valence-electron chi connectivity index (χ2n) is 10.4. The van der Waals surface area contributed by atoms with Crippen LogP contribution in [-0.2, 0) is 9.48 Å². The third-order valence-corrected chi connectivity index (χ3v) is 7.95. The van der Waals surface area contributed by atoms with Gasteiger partial charge in [0.05, 0.1) is 47.0 Å². The van der Waals surface area contributed by atoms with Crippen molar-refractivity contribution >= 4 is 34.3 Å². The monoisotopic (exact) mass is 482 g/mol. The summed E-state index contributed by atoms with van der Waals surface area (Å²) in [7, 11) is 0. The number of H-pyrrole nitrogens is 1. The Morgan fingerprint density at radius 1 is 1.29 bits per heavy atom. The van der Waals surface area contributed by atoms with E-state index < -0.39 is 0 Å². The number of morpholine rings is 1. The highest BCUT2D eigenvalue weighted by molar-refractivity contribution is 7.99. The molecule has 1 saturated heterocycles. The Balaban J connectivity index is 1.81. The largest absolute Gasteiger partial charge is 0.485 e. The lowest BCUT2D eigenvalue weighted by Gasteiger charge is -2.52. The first-order chi connectivity index (χ1) is 16.1. The Bertz CT molecular complexity index is 1230. The molecule has 0 spiro atoms. The number of nitrogens with zero attached hydrogens (tertiary/aromatic N) is 4. The molecular formula is C25H34N6O2S. The van der Waals surface area contributed by atoms with E-state index in [1.165, 1.54) is 0 Å². The van der Waals surface area contributed by atoms with E-state index in [-0.39, 0.29) is 22.4 Å². The molecule has 3 aromatic rings. The van der Waals surface area contributed by atoms with Gasteiger partial charge in [0.15, 0.2) is 17.4 Å². The Kier molecular flexibility index (Phi) is 5.67. The quantitative estimate of drug-likeness (QED) is 0.535. The second kappa shape index (κ2) is 8.30. The lowest BCUT2D eigenvalue weighted by Crippen LogP contribution is -2.64. The third kappa shape index (κ3) is 3.69. The number of nitrogens with one attached hydrogen (secondary N) is 2. The van der Waals surface area contributed by atoms with Crippen LogP contribution in [0, 0.1) is 0 Å². The lowest BCUT2D eigenvalue weighted by molar-refractivity contribution is 0.00707. The molecule has 8 nitrogen and oxygen atoms in total. The highest BCUT2D eigenvalue weighted by atomic mass is 32.2. The van der Waals surface area contributed by atoms with Gasteiger partial charge in [-0.1, -0.05) is 0 Å². The molecule has 0 unspecified atom stereocenters. The van der Waals surface area contributed by atoms with Crippen LogP contribution in [0.5, 0.6) is 5.75 Å². The molecule has 2 aliphatic rings. The van der Waals surface area contributed by atoms with Crippen molar-refractivity contribution in [2.45, 2.75) is 63.9 Å². The average Bonchev–Trinajstić information content (AvgIpc) is 3.26. The normalized spacial score (nSPS) is 22.5. The summed E-state index contributed by atoms with van der Waals surface area (Å²) < 4.78 is 12.1. The van der Waals surface area contributed by atoms with Gasteiger partial charge in [-0.15, -0.1) is 0 Å².